The van der Waals surface area contributed by atoms with Crippen molar-refractivity contribution in [1.29, 1.82) is 0 Å². The standard InChI is InChI=1S/C25H33N5O5S/c1-29-23-8-5-18(11-19(23)12-27-29)17-3-6-21(7-4-17)34-15-20-14-30(25(31)24-13-26-16-35-24)10-9-22(20)28-36(2,32)33/h5,8,11-13,16-17,20-22,28H,3-4,6-7,9-10,14-15H2,1-2H3/t17?,20-,21?,22-/m0/s1. The number of nitrogens with one attached hydrogen (secondary N) is 1. The topological polar surface area (TPSA) is 120 Å². The van der Waals surface area contributed by atoms with Crippen molar-refractivity contribution in [2.75, 3.05) is 26.0 Å². The fraction of sp³-hybridized carbons (Fsp3) is 0.560. The molecule has 194 valence electrons. The number of aryl methyl sites for hydroxylation is 1. The summed E-state index contributed by atoms with van der Waals surface area (Å²) >= 11 is 0. The molecule has 1 aliphatic heterocycles. The minimum absolute atomic E-state index is 0.127. The molecule has 0 radical (unpaired) electrons. The Balaban J connectivity index is 1.18. The molecule has 2 atom stereocenters. The summed E-state index contributed by atoms with van der Waals surface area (Å²) in [6.45, 7) is 1.23. The van der Waals surface area contributed by atoms with Gasteiger partial charge in [0, 0.05) is 37.5 Å². The van der Waals surface area contributed by atoms with Crippen LogP contribution >= 0.6 is 0 Å². The van der Waals surface area contributed by atoms with E-state index in [1.54, 1.807) is 4.90 Å². The molecule has 11 heteroatoms. The molecule has 0 unspecified atom stereocenters. The highest BCUT2D eigenvalue weighted by Crippen LogP contribution is 2.35. The van der Waals surface area contributed by atoms with Crippen molar-refractivity contribution in [3.63, 3.8) is 0 Å². The Labute approximate surface area is 211 Å². The Morgan fingerprint density at radius 2 is 2.00 bits per heavy atom. The molecule has 2 aromatic heterocycles. The third-order valence-corrected chi connectivity index (χ3v) is 8.22. The fourth-order valence-corrected chi connectivity index (χ4v) is 6.41. The van der Waals surface area contributed by atoms with Crippen molar-refractivity contribution in [1.82, 2.24) is 24.4 Å². The van der Waals surface area contributed by atoms with Crippen molar-refractivity contribution in [2.45, 2.75) is 50.2 Å². The highest BCUT2D eigenvalue weighted by Gasteiger charge is 2.35. The number of piperidine rings is 1. The van der Waals surface area contributed by atoms with Gasteiger partial charge in [-0.25, -0.2) is 18.1 Å². The molecule has 2 aliphatic rings. The van der Waals surface area contributed by atoms with Crippen LogP contribution in [0.1, 0.15) is 54.1 Å². The van der Waals surface area contributed by atoms with Crippen molar-refractivity contribution in [2.24, 2.45) is 13.0 Å². The normalized spacial score (nSPS) is 25.3. The van der Waals surface area contributed by atoms with Crippen LogP contribution in [-0.2, 0) is 21.8 Å². The van der Waals surface area contributed by atoms with Crippen LogP contribution in [-0.4, -0.2) is 72.1 Å². The van der Waals surface area contributed by atoms with Gasteiger partial charge >= 0.3 is 0 Å². The van der Waals surface area contributed by atoms with E-state index in [2.05, 4.69) is 33.0 Å². The van der Waals surface area contributed by atoms with Crippen LogP contribution in [0.4, 0.5) is 0 Å². The molecule has 3 heterocycles. The third kappa shape index (κ3) is 5.63. The molecule has 2 fully saturated rings. The van der Waals surface area contributed by atoms with Crippen LogP contribution < -0.4 is 4.72 Å². The molecule has 1 amide bonds. The summed E-state index contributed by atoms with van der Waals surface area (Å²) < 4.78 is 40.0. The third-order valence-electron chi connectivity index (χ3n) is 7.49. The average Bonchev–Trinajstić information content (AvgIpc) is 3.53. The Morgan fingerprint density at radius 3 is 2.72 bits per heavy atom. The van der Waals surface area contributed by atoms with Gasteiger partial charge < -0.3 is 14.1 Å². The second kappa shape index (κ2) is 10.3. The molecule has 3 aromatic rings. The van der Waals surface area contributed by atoms with Crippen LogP contribution in [0.5, 0.6) is 0 Å². The number of oxazole rings is 1. The minimum atomic E-state index is -3.38. The van der Waals surface area contributed by atoms with E-state index in [0.29, 0.717) is 32.0 Å². The number of likely N-dealkylation sites (tertiary alicyclic amines) is 1. The number of carbonyl (C=O) groups is 1. The van der Waals surface area contributed by atoms with E-state index in [9.17, 15) is 13.2 Å². The number of carbonyl (C=O) groups excluding carboxylic acids is 1. The number of ether oxygens (including phenoxy) is 1. The van der Waals surface area contributed by atoms with Crippen molar-refractivity contribution in [3.05, 3.63) is 48.3 Å². The van der Waals surface area contributed by atoms with Gasteiger partial charge in [0.2, 0.25) is 15.8 Å². The van der Waals surface area contributed by atoms with Gasteiger partial charge in [0.05, 0.1) is 36.9 Å². The molecule has 0 bridgehead atoms. The summed E-state index contributed by atoms with van der Waals surface area (Å²) in [6.07, 6.45) is 10.4. The number of benzene rings is 1. The second-order valence-electron chi connectivity index (χ2n) is 10.1. The lowest BCUT2D eigenvalue weighted by molar-refractivity contribution is -0.0153. The number of hydrogen-bond acceptors (Lipinski definition) is 7. The molecule has 1 N–H and O–H groups in total. The van der Waals surface area contributed by atoms with E-state index in [4.69, 9.17) is 9.15 Å². The van der Waals surface area contributed by atoms with Crippen LogP contribution in [0, 0.1) is 5.92 Å². The van der Waals surface area contributed by atoms with E-state index < -0.39 is 10.0 Å². The largest absolute Gasteiger partial charge is 0.438 e. The van der Waals surface area contributed by atoms with Gasteiger partial charge in [0.25, 0.3) is 5.91 Å². The first-order valence-corrected chi connectivity index (χ1v) is 14.3. The first-order chi connectivity index (χ1) is 17.3. The average molecular weight is 516 g/mol. The van der Waals surface area contributed by atoms with Gasteiger partial charge in [-0.05, 0) is 55.7 Å². The number of rotatable bonds is 7. The van der Waals surface area contributed by atoms with Gasteiger partial charge in [0.1, 0.15) is 0 Å². The SMILES string of the molecule is Cn1ncc2cc(C3CCC(OC[C@@H]4CN(C(=O)c5cnco5)CC[C@@H]4NS(C)(=O)=O)CC3)ccc21. The predicted molar refractivity (Wildman–Crippen MR) is 134 cm³/mol. The summed E-state index contributed by atoms with van der Waals surface area (Å²) in [6, 6.07) is 6.32. The Bertz CT molecular complexity index is 1300. The summed E-state index contributed by atoms with van der Waals surface area (Å²) in [4.78, 5) is 18.3. The molecule has 10 nitrogen and oxygen atoms in total. The molecule has 1 aromatic carbocycles. The number of nitrogens with zero attached hydrogens (tertiary/aromatic N) is 4. The Hall–Kier alpha value is -2.76. The molecule has 1 aliphatic carbocycles. The quantitative estimate of drug-likeness (QED) is 0.514. The van der Waals surface area contributed by atoms with Gasteiger partial charge in [-0.3, -0.25) is 9.48 Å². The number of hydrogen-bond donors (Lipinski definition) is 1. The van der Waals surface area contributed by atoms with Crippen molar-refractivity contribution >= 4 is 26.8 Å². The number of fused-ring (bicyclic) bond motifs is 1. The first-order valence-electron chi connectivity index (χ1n) is 12.4. The van der Waals surface area contributed by atoms with Crippen molar-refractivity contribution in [3.8, 4) is 0 Å². The van der Waals surface area contributed by atoms with E-state index in [0.717, 1.165) is 31.2 Å². The predicted octanol–water partition coefficient (Wildman–Crippen LogP) is 2.68. The van der Waals surface area contributed by atoms with Gasteiger partial charge in [-0.15, -0.1) is 0 Å². The maximum atomic E-state index is 12.8. The summed E-state index contributed by atoms with van der Waals surface area (Å²) in [5.41, 5.74) is 2.48. The minimum Gasteiger partial charge on any atom is -0.438 e. The fourth-order valence-electron chi connectivity index (χ4n) is 5.55. The number of amides is 1. The molecule has 36 heavy (non-hydrogen) atoms. The van der Waals surface area contributed by atoms with Gasteiger partial charge in [0.15, 0.2) is 6.39 Å². The lowest BCUT2D eigenvalue weighted by atomic mass is 9.82. The molecular weight excluding hydrogens is 482 g/mol. The van der Waals surface area contributed by atoms with Crippen LogP contribution in [0.25, 0.3) is 10.9 Å². The highest BCUT2D eigenvalue weighted by atomic mass is 32.2. The van der Waals surface area contributed by atoms with E-state index >= 15 is 0 Å². The zero-order chi connectivity index (χ0) is 25.3. The molecular formula is C25H33N5O5S. The van der Waals surface area contributed by atoms with Gasteiger partial charge in [-0.1, -0.05) is 6.07 Å². The number of sulfonamides is 1. The Morgan fingerprint density at radius 1 is 1.19 bits per heavy atom. The zero-order valence-corrected chi connectivity index (χ0v) is 21.5. The molecule has 1 saturated carbocycles. The smallest absolute Gasteiger partial charge is 0.291 e. The zero-order valence-electron chi connectivity index (χ0n) is 20.7. The monoisotopic (exact) mass is 515 g/mol. The first kappa shape index (κ1) is 24.9. The van der Waals surface area contributed by atoms with Gasteiger partial charge in [-0.2, -0.15) is 5.10 Å². The molecule has 0 spiro atoms. The summed E-state index contributed by atoms with van der Waals surface area (Å²) in [5, 5.41) is 5.51. The molecule has 5 rings (SSSR count). The summed E-state index contributed by atoms with van der Waals surface area (Å²) in [7, 11) is -1.42. The Kier molecular flexibility index (Phi) is 7.14. The summed E-state index contributed by atoms with van der Waals surface area (Å²) in [5.74, 6) is 0.304. The van der Waals surface area contributed by atoms with Crippen LogP contribution in [0.3, 0.4) is 0 Å². The highest BCUT2D eigenvalue weighted by molar-refractivity contribution is 7.88. The number of aromatic nitrogens is 3. The maximum absolute atomic E-state index is 12.8. The van der Waals surface area contributed by atoms with E-state index in [-0.39, 0.29) is 29.7 Å². The molecule has 1 saturated heterocycles. The van der Waals surface area contributed by atoms with Crippen LogP contribution in [0.15, 0.2) is 41.4 Å². The second-order valence-corrected chi connectivity index (χ2v) is 11.8. The van der Waals surface area contributed by atoms with E-state index in [1.807, 2.05) is 17.9 Å². The lowest BCUT2D eigenvalue weighted by Gasteiger charge is -2.39. The maximum Gasteiger partial charge on any atom is 0.291 e. The van der Waals surface area contributed by atoms with E-state index in [1.165, 1.54) is 29.8 Å². The van der Waals surface area contributed by atoms with Crippen molar-refractivity contribution < 1.29 is 22.4 Å². The van der Waals surface area contributed by atoms with Crippen LogP contribution in [0.2, 0.25) is 0 Å². The lowest BCUT2D eigenvalue weighted by Crippen LogP contribution is -2.53.